The van der Waals surface area contributed by atoms with Crippen LogP contribution in [0.1, 0.15) is 26.5 Å². The van der Waals surface area contributed by atoms with Gasteiger partial charge in [0.25, 0.3) is 0 Å². The Morgan fingerprint density at radius 3 is 2.28 bits per heavy atom. The zero-order chi connectivity index (χ0) is 13.3. The molecule has 0 aliphatic heterocycles. The molecule has 1 aromatic heterocycles. The molecule has 0 bridgehead atoms. The zero-order valence-corrected chi connectivity index (χ0v) is 11.2. The molecular formula is C14H18N2O2. The fraction of sp³-hybridized carbons (Fsp3) is 0.357. The SMILES string of the molecule is COc1ccc(-n2c(C(C)(C)C)c[nH]c2=O)cc1. The monoisotopic (exact) mass is 246 g/mol. The molecule has 0 fully saturated rings. The number of H-pyrrole nitrogens is 1. The number of imidazole rings is 1. The van der Waals surface area contributed by atoms with E-state index in [9.17, 15) is 4.79 Å². The molecule has 2 aromatic rings. The molecule has 0 unspecified atom stereocenters. The smallest absolute Gasteiger partial charge is 0.330 e. The average molecular weight is 246 g/mol. The number of hydrogen-bond donors (Lipinski definition) is 1. The first-order valence-electron chi connectivity index (χ1n) is 5.89. The van der Waals surface area contributed by atoms with Crippen LogP contribution in [0.15, 0.2) is 35.3 Å². The molecule has 2 rings (SSSR count). The van der Waals surface area contributed by atoms with Gasteiger partial charge in [-0.1, -0.05) is 20.8 Å². The molecular weight excluding hydrogens is 228 g/mol. The first-order chi connectivity index (χ1) is 8.43. The molecule has 96 valence electrons. The molecule has 4 heteroatoms. The summed E-state index contributed by atoms with van der Waals surface area (Å²) in [7, 11) is 1.62. The molecule has 1 N–H and O–H groups in total. The van der Waals surface area contributed by atoms with E-state index in [1.165, 1.54) is 0 Å². The van der Waals surface area contributed by atoms with Crippen LogP contribution in [0.3, 0.4) is 0 Å². The van der Waals surface area contributed by atoms with E-state index in [4.69, 9.17) is 4.74 Å². The number of methoxy groups -OCH3 is 1. The highest BCUT2D eigenvalue weighted by atomic mass is 16.5. The van der Waals surface area contributed by atoms with Crippen molar-refractivity contribution in [1.29, 1.82) is 0 Å². The Hall–Kier alpha value is -1.97. The van der Waals surface area contributed by atoms with E-state index in [0.29, 0.717) is 0 Å². The lowest BCUT2D eigenvalue weighted by Crippen LogP contribution is -2.23. The Labute approximate surface area is 106 Å². The lowest BCUT2D eigenvalue weighted by Gasteiger charge is -2.20. The van der Waals surface area contributed by atoms with Crippen molar-refractivity contribution in [3.63, 3.8) is 0 Å². The van der Waals surface area contributed by atoms with E-state index in [2.05, 4.69) is 25.8 Å². The molecule has 1 heterocycles. The summed E-state index contributed by atoms with van der Waals surface area (Å²) < 4.78 is 6.81. The molecule has 0 saturated heterocycles. The van der Waals surface area contributed by atoms with Crippen molar-refractivity contribution in [1.82, 2.24) is 9.55 Å². The zero-order valence-electron chi connectivity index (χ0n) is 11.2. The topological polar surface area (TPSA) is 47.0 Å². The largest absolute Gasteiger partial charge is 0.497 e. The predicted molar refractivity (Wildman–Crippen MR) is 71.6 cm³/mol. The fourth-order valence-electron chi connectivity index (χ4n) is 1.91. The number of nitrogens with zero attached hydrogens (tertiary/aromatic N) is 1. The maximum absolute atomic E-state index is 11.9. The number of aromatic nitrogens is 2. The van der Waals surface area contributed by atoms with Gasteiger partial charge >= 0.3 is 5.69 Å². The third-order valence-corrected chi connectivity index (χ3v) is 2.88. The van der Waals surface area contributed by atoms with Gasteiger partial charge in [-0.2, -0.15) is 0 Å². The van der Waals surface area contributed by atoms with Crippen LogP contribution in [-0.4, -0.2) is 16.7 Å². The van der Waals surface area contributed by atoms with Gasteiger partial charge in [-0.05, 0) is 24.3 Å². The number of ether oxygens (including phenoxy) is 1. The van der Waals surface area contributed by atoms with E-state index in [0.717, 1.165) is 17.1 Å². The Kier molecular flexibility index (Phi) is 3.03. The summed E-state index contributed by atoms with van der Waals surface area (Å²) >= 11 is 0. The fourth-order valence-corrected chi connectivity index (χ4v) is 1.91. The van der Waals surface area contributed by atoms with E-state index < -0.39 is 0 Å². The molecule has 0 aliphatic carbocycles. The molecule has 4 nitrogen and oxygen atoms in total. The molecule has 0 spiro atoms. The average Bonchev–Trinajstić information content (AvgIpc) is 2.71. The van der Waals surface area contributed by atoms with Gasteiger partial charge in [0.15, 0.2) is 0 Å². The first-order valence-corrected chi connectivity index (χ1v) is 5.89. The highest BCUT2D eigenvalue weighted by Gasteiger charge is 2.21. The van der Waals surface area contributed by atoms with E-state index >= 15 is 0 Å². The van der Waals surface area contributed by atoms with Gasteiger partial charge in [0.1, 0.15) is 5.75 Å². The van der Waals surface area contributed by atoms with Gasteiger partial charge in [-0.25, -0.2) is 4.79 Å². The summed E-state index contributed by atoms with van der Waals surface area (Å²) in [5.41, 5.74) is 1.58. The second kappa shape index (κ2) is 4.37. The standard InChI is InChI=1S/C14H18N2O2/c1-14(2,3)12-9-15-13(17)16(12)10-5-7-11(18-4)8-6-10/h5-9H,1-4H3,(H,15,17). The van der Waals surface area contributed by atoms with Crippen molar-refractivity contribution in [3.05, 3.63) is 46.6 Å². The van der Waals surface area contributed by atoms with Crippen molar-refractivity contribution in [3.8, 4) is 11.4 Å². The van der Waals surface area contributed by atoms with Crippen molar-refractivity contribution in [2.75, 3.05) is 7.11 Å². The normalized spacial score (nSPS) is 11.6. The summed E-state index contributed by atoms with van der Waals surface area (Å²) in [6.07, 6.45) is 1.77. The summed E-state index contributed by atoms with van der Waals surface area (Å²) in [5.74, 6) is 0.777. The van der Waals surface area contributed by atoms with Crippen molar-refractivity contribution in [2.45, 2.75) is 26.2 Å². The van der Waals surface area contributed by atoms with Crippen LogP contribution < -0.4 is 10.4 Å². The maximum atomic E-state index is 11.9. The summed E-state index contributed by atoms with van der Waals surface area (Å²) in [5, 5.41) is 0. The van der Waals surface area contributed by atoms with Gasteiger partial charge in [-0.3, -0.25) is 4.57 Å². The number of hydrogen-bond acceptors (Lipinski definition) is 2. The van der Waals surface area contributed by atoms with Crippen LogP contribution in [0.4, 0.5) is 0 Å². The van der Waals surface area contributed by atoms with Crippen molar-refractivity contribution < 1.29 is 4.74 Å². The minimum atomic E-state index is -0.120. The minimum absolute atomic E-state index is 0.0981. The molecule has 18 heavy (non-hydrogen) atoms. The van der Waals surface area contributed by atoms with Gasteiger partial charge in [0.05, 0.1) is 12.8 Å². The number of nitrogens with one attached hydrogen (secondary N) is 1. The highest BCUT2D eigenvalue weighted by Crippen LogP contribution is 2.23. The van der Waals surface area contributed by atoms with Gasteiger partial charge in [0.2, 0.25) is 0 Å². The van der Waals surface area contributed by atoms with Crippen LogP contribution in [-0.2, 0) is 5.41 Å². The van der Waals surface area contributed by atoms with E-state index in [1.807, 2.05) is 24.3 Å². The molecule has 0 amide bonds. The molecule has 0 saturated carbocycles. The summed E-state index contributed by atoms with van der Waals surface area (Å²) in [6.45, 7) is 6.24. The number of rotatable bonds is 2. The van der Waals surface area contributed by atoms with Crippen LogP contribution in [0.5, 0.6) is 5.75 Å². The summed E-state index contributed by atoms with van der Waals surface area (Å²) in [6, 6.07) is 7.45. The lowest BCUT2D eigenvalue weighted by atomic mass is 9.92. The number of aromatic amines is 1. The van der Waals surface area contributed by atoms with E-state index in [1.54, 1.807) is 17.9 Å². The first kappa shape index (κ1) is 12.5. The van der Waals surface area contributed by atoms with Crippen LogP contribution in [0, 0.1) is 0 Å². The maximum Gasteiger partial charge on any atom is 0.330 e. The van der Waals surface area contributed by atoms with E-state index in [-0.39, 0.29) is 11.1 Å². The molecule has 0 radical (unpaired) electrons. The molecule has 0 aliphatic rings. The quantitative estimate of drug-likeness (QED) is 0.884. The Morgan fingerprint density at radius 2 is 1.78 bits per heavy atom. The van der Waals surface area contributed by atoms with Gasteiger partial charge in [-0.15, -0.1) is 0 Å². The van der Waals surface area contributed by atoms with Crippen molar-refractivity contribution in [2.24, 2.45) is 0 Å². The highest BCUT2D eigenvalue weighted by molar-refractivity contribution is 5.39. The Balaban J connectivity index is 2.56. The van der Waals surface area contributed by atoms with Gasteiger partial charge in [0, 0.05) is 17.3 Å². The Morgan fingerprint density at radius 1 is 1.17 bits per heavy atom. The van der Waals surface area contributed by atoms with Gasteiger partial charge < -0.3 is 9.72 Å². The molecule has 0 atom stereocenters. The van der Waals surface area contributed by atoms with Crippen LogP contribution in [0.25, 0.3) is 5.69 Å². The second-order valence-electron chi connectivity index (χ2n) is 5.26. The summed E-state index contributed by atoms with van der Waals surface area (Å²) in [4.78, 5) is 14.7. The second-order valence-corrected chi connectivity index (χ2v) is 5.26. The Bertz CT molecular complexity index is 585. The van der Waals surface area contributed by atoms with Crippen molar-refractivity contribution >= 4 is 0 Å². The third-order valence-electron chi connectivity index (χ3n) is 2.88. The molecule has 1 aromatic carbocycles. The third kappa shape index (κ3) is 2.18. The minimum Gasteiger partial charge on any atom is -0.497 e. The number of benzene rings is 1. The lowest BCUT2D eigenvalue weighted by molar-refractivity contribution is 0.414. The van der Waals surface area contributed by atoms with Crippen LogP contribution >= 0.6 is 0 Å². The predicted octanol–water partition coefficient (Wildman–Crippen LogP) is 2.47. The van der Waals surface area contributed by atoms with Crippen LogP contribution in [0.2, 0.25) is 0 Å².